The maximum Gasteiger partial charge on any atom is 0.0931 e. The van der Waals surface area contributed by atoms with E-state index < -0.39 is 0 Å². The Labute approximate surface area is 108 Å². The number of nitrogens with one attached hydrogen (secondary N) is 1. The predicted octanol–water partition coefficient (Wildman–Crippen LogP) is 4.53. The van der Waals surface area contributed by atoms with E-state index in [1.807, 2.05) is 6.07 Å². The van der Waals surface area contributed by atoms with Crippen LogP contribution in [-0.2, 0) is 0 Å². The van der Waals surface area contributed by atoms with Gasteiger partial charge >= 0.3 is 0 Å². The lowest BCUT2D eigenvalue weighted by molar-refractivity contribution is 0.361. The van der Waals surface area contributed by atoms with Crippen molar-refractivity contribution >= 4 is 22.9 Å². The van der Waals surface area contributed by atoms with Crippen LogP contribution in [-0.4, -0.2) is 12.1 Å². The van der Waals surface area contributed by atoms with Crippen LogP contribution in [0.1, 0.15) is 45.4 Å². The first-order chi connectivity index (χ1) is 7.29. The molecule has 1 aromatic heterocycles. The van der Waals surface area contributed by atoms with E-state index in [4.69, 9.17) is 11.6 Å². The van der Waals surface area contributed by atoms with Crippen LogP contribution in [0.2, 0.25) is 4.34 Å². The molecule has 2 atom stereocenters. The molecule has 0 aliphatic carbocycles. The Bertz CT molecular complexity index is 327. The molecule has 1 N–H and O–H groups in total. The van der Waals surface area contributed by atoms with Crippen LogP contribution < -0.4 is 5.32 Å². The highest BCUT2D eigenvalue weighted by Crippen LogP contribution is 2.32. The fourth-order valence-corrected chi connectivity index (χ4v) is 2.74. The SMILES string of the molecule is CC(CNC(C)(C)C)C(C)c1ccc(Cl)s1. The summed E-state index contributed by atoms with van der Waals surface area (Å²) in [6, 6.07) is 4.13. The lowest BCUT2D eigenvalue weighted by Crippen LogP contribution is -2.39. The van der Waals surface area contributed by atoms with Crippen LogP contribution in [0.3, 0.4) is 0 Å². The van der Waals surface area contributed by atoms with Crippen LogP contribution in [0, 0.1) is 5.92 Å². The minimum atomic E-state index is 0.196. The molecule has 92 valence electrons. The van der Waals surface area contributed by atoms with Gasteiger partial charge in [-0.05, 0) is 51.3 Å². The topological polar surface area (TPSA) is 12.0 Å². The lowest BCUT2D eigenvalue weighted by Gasteiger charge is -2.26. The maximum atomic E-state index is 5.96. The molecule has 0 saturated heterocycles. The molecule has 16 heavy (non-hydrogen) atoms. The van der Waals surface area contributed by atoms with E-state index in [9.17, 15) is 0 Å². The zero-order valence-electron chi connectivity index (χ0n) is 10.8. The summed E-state index contributed by atoms with van der Waals surface area (Å²) in [5.41, 5.74) is 0.196. The molecule has 0 aliphatic heterocycles. The van der Waals surface area contributed by atoms with Gasteiger partial charge in [-0.2, -0.15) is 0 Å². The normalized spacial score (nSPS) is 16.1. The molecule has 1 heterocycles. The van der Waals surface area contributed by atoms with Crippen molar-refractivity contribution in [2.75, 3.05) is 6.54 Å². The molecule has 3 heteroatoms. The molecule has 1 aromatic rings. The van der Waals surface area contributed by atoms with Gasteiger partial charge in [-0.15, -0.1) is 11.3 Å². The molecule has 0 fully saturated rings. The third-order valence-electron chi connectivity index (χ3n) is 2.85. The van der Waals surface area contributed by atoms with Gasteiger partial charge in [0.1, 0.15) is 0 Å². The number of halogens is 1. The van der Waals surface area contributed by atoms with Gasteiger partial charge in [-0.1, -0.05) is 25.4 Å². The summed E-state index contributed by atoms with van der Waals surface area (Å²) in [4.78, 5) is 1.38. The van der Waals surface area contributed by atoms with Gasteiger partial charge in [0.05, 0.1) is 4.34 Å². The quantitative estimate of drug-likeness (QED) is 0.838. The summed E-state index contributed by atoms with van der Waals surface area (Å²) in [7, 11) is 0. The summed E-state index contributed by atoms with van der Waals surface area (Å²) in [6.07, 6.45) is 0. The number of hydrogen-bond acceptors (Lipinski definition) is 2. The Morgan fingerprint density at radius 2 is 1.94 bits per heavy atom. The van der Waals surface area contributed by atoms with Crippen molar-refractivity contribution in [3.63, 3.8) is 0 Å². The summed E-state index contributed by atoms with van der Waals surface area (Å²) < 4.78 is 0.887. The Morgan fingerprint density at radius 3 is 2.38 bits per heavy atom. The summed E-state index contributed by atoms with van der Waals surface area (Å²) >= 11 is 7.66. The highest BCUT2D eigenvalue weighted by atomic mass is 35.5. The van der Waals surface area contributed by atoms with Gasteiger partial charge in [0, 0.05) is 10.4 Å². The number of thiophene rings is 1. The van der Waals surface area contributed by atoms with Crippen molar-refractivity contribution in [3.8, 4) is 0 Å². The van der Waals surface area contributed by atoms with Gasteiger partial charge in [-0.3, -0.25) is 0 Å². The van der Waals surface area contributed by atoms with Crippen molar-refractivity contribution in [1.29, 1.82) is 0 Å². The molecular formula is C13H22ClNS. The second kappa shape index (κ2) is 5.52. The van der Waals surface area contributed by atoms with Crippen molar-refractivity contribution in [1.82, 2.24) is 5.32 Å². The molecular weight excluding hydrogens is 238 g/mol. The number of hydrogen-bond donors (Lipinski definition) is 1. The van der Waals surface area contributed by atoms with E-state index in [2.05, 4.69) is 46.0 Å². The Balaban J connectivity index is 2.51. The molecule has 0 aliphatic rings. The van der Waals surface area contributed by atoms with Crippen LogP contribution in [0.25, 0.3) is 0 Å². The molecule has 2 unspecified atom stereocenters. The van der Waals surface area contributed by atoms with Crippen LogP contribution in [0.5, 0.6) is 0 Å². The largest absolute Gasteiger partial charge is 0.312 e. The second-order valence-electron chi connectivity index (χ2n) is 5.54. The maximum absolute atomic E-state index is 5.96. The fraction of sp³-hybridized carbons (Fsp3) is 0.692. The third kappa shape index (κ3) is 4.44. The molecule has 0 amide bonds. The first-order valence-corrected chi connectivity index (χ1v) is 6.99. The molecule has 0 spiro atoms. The van der Waals surface area contributed by atoms with Gasteiger partial charge in [-0.25, -0.2) is 0 Å². The fourth-order valence-electron chi connectivity index (χ4n) is 1.50. The van der Waals surface area contributed by atoms with Crippen molar-refractivity contribution in [2.24, 2.45) is 5.92 Å². The van der Waals surface area contributed by atoms with Gasteiger partial charge in [0.15, 0.2) is 0 Å². The molecule has 0 radical (unpaired) electrons. The molecule has 0 bridgehead atoms. The van der Waals surface area contributed by atoms with Gasteiger partial charge < -0.3 is 5.32 Å². The first kappa shape index (κ1) is 14.0. The summed E-state index contributed by atoms with van der Waals surface area (Å²) in [5.74, 6) is 1.18. The standard InChI is InChI=1S/C13H22ClNS/c1-9(8-15-13(3,4)5)10(2)11-6-7-12(14)16-11/h6-7,9-10,15H,8H2,1-5H3. The van der Waals surface area contributed by atoms with Crippen LogP contribution in [0.15, 0.2) is 12.1 Å². The molecule has 1 nitrogen and oxygen atoms in total. The van der Waals surface area contributed by atoms with E-state index in [1.54, 1.807) is 11.3 Å². The van der Waals surface area contributed by atoms with Crippen LogP contribution >= 0.6 is 22.9 Å². The summed E-state index contributed by atoms with van der Waals surface area (Å²) in [5, 5.41) is 3.55. The first-order valence-electron chi connectivity index (χ1n) is 5.80. The lowest BCUT2D eigenvalue weighted by atomic mass is 9.93. The Kier molecular flexibility index (Phi) is 4.84. The minimum Gasteiger partial charge on any atom is -0.312 e. The van der Waals surface area contributed by atoms with E-state index in [-0.39, 0.29) is 5.54 Å². The Hall–Kier alpha value is -0.0500. The predicted molar refractivity (Wildman–Crippen MR) is 74.7 cm³/mol. The van der Waals surface area contributed by atoms with Gasteiger partial charge in [0.25, 0.3) is 0 Å². The molecule has 0 saturated carbocycles. The molecule has 0 aromatic carbocycles. The smallest absolute Gasteiger partial charge is 0.0931 e. The van der Waals surface area contributed by atoms with E-state index in [0.717, 1.165) is 10.9 Å². The van der Waals surface area contributed by atoms with Crippen LogP contribution in [0.4, 0.5) is 0 Å². The van der Waals surface area contributed by atoms with Crippen molar-refractivity contribution in [2.45, 2.75) is 46.1 Å². The van der Waals surface area contributed by atoms with Crippen molar-refractivity contribution in [3.05, 3.63) is 21.3 Å². The van der Waals surface area contributed by atoms with E-state index >= 15 is 0 Å². The van der Waals surface area contributed by atoms with E-state index in [1.165, 1.54) is 4.88 Å². The zero-order chi connectivity index (χ0) is 12.3. The highest BCUT2D eigenvalue weighted by molar-refractivity contribution is 7.16. The monoisotopic (exact) mass is 259 g/mol. The minimum absolute atomic E-state index is 0.196. The second-order valence-corrected chi connectivity index (χ2v) is 7.29. The number of rotatable bonds is 4. The van der Waals surface area contributed by atoms with Gasteiger partial charge in [0.2, 0.25) is 0 Å². The zero-order valence-corrected chi connectivity index (χ0v) is 12.4. The Morgan fingerprint density at radius 1 is 1.31 bits per heavy atom. The average Bonchev–Trinajstić information content (AvgIpc) is 2.59. The highest BCUT2D eigenvalue weighted by Gasteiger charge is 2.18. The van der Waals surface area contributed by atoms with E-state index in [0.29, 0.717) is 11.8 Å². The summed E-state index contributed by atoms with van der Waals surface area (Å²) in [6.45, 7) is 12.2. The third-order valence-corrected chi connectivity index (χ3v) is 4.28. The average molecular weight is 260 g/mol. The van der Waals surface area contributed by atoms with Crippen molar-refractivity contribution < 1.29 is 0 Å². The molecule has 1 rings (SSSR count).